The first-order valence-corrected chi connectivity index (χ1v) is 7.23. The molecule has 0 fully saturated rings. The second-order valence-corrected chi connectivity index (χ2v) is 5.10. The highest BCUT2D eigenvalue weighted by atomic mass is 16.5. The van der Waals surface area contributed by atoms with Gasteiger partial charge < -0.3 is 19.9 Å². The summed E-state index contributed by atoms with van der Waals surface area (Å²) in [6.07, 6.45) is 0.424. The molecule has 1 atom stereocenters. The average molecular weight is 315 g/mol. The Balaban J connectivity index is 2.27. The molecule has 0 aromatic heterocycles. The molecule has 122 valence electrons. The molecule has 0 saturated carbocycles. The lowest BCUT2D eigenvalue weighted by atomic mass is 9.99. The van der Waals surface area contributed by atoms with Gasteiger partial charge in [0.25, 0.3) is 0 Å². The molecule has 0 heterocycles. The highest BCUT2D eigenvalue weighted by molar-refractivity contribution is 5.76. The Hall–Kier alpha value is -2.53. The number of esters is 1. The molecule has 0 aliphatic heterocycles. The maximum atomic E-state index is 11.4. The minimum atomic E-state index is -0.666. The summed E-state index contributed by atoms with van der Waals surface area (Å²) in [7, 11) is 4.54. The lowest BCUT2D eigenvalue weighted by Gasteiger charge is -2.12. The first-order chi connectivity index (χ1) is 11.1. The lowest BCUT2D eigenvalue weighted by molar-refractivity contribution is -0.142. The second-order valence-electron chi connectivity index (χ2n) is 5.10. The summed E-state index contributed by atoms with van der Waals surface area (Å²) in [5.41, 5.74) is 8.80. The SMILES string of the molecule is COC(=O)C(N)Cc1cccc(-c2ccc(OC)c(OC)c2)c1. The van der Waals surface area contributed by atoms with Crippen LogP contribution < -0.4 is 15.2 Å². The molecule has 2 N–H and O–H groups in total. The van der Waals surface area contributed by atoms with Crippen LogP contribution in [0.15, 0.2) is 42.5 Å². The van der Waals surface area contributed by atoms with Crippen LogP contribution in [0, 0.1) is 0 Å². The molecule has 0 aliphatic carbocycles. The molecule has 0 aliphatic rings. The third kappa shape index (κ3) is 4.02. The zero-order valence-corrected chi connectivity index (χ0v) is 13.5. The van der Waals surface area contributed by atoms with Crippen LogP contribution in [-0.2, 0) is 16.0 Å². The van der Waals surface area contributed by atoms with Crippen molar-refractivity contribution in [2.45, 2.75) is 12.5 Å². The van der Waals surface area contributed by atoms with Crippen molar-refractivity contribution in [1.29, 1.82) is 0 Å². The van der Waals surface area contributed by atoms with E-state index in [0.29, 0.717) is 17.9 Å². The third-order valence-corrected chi connectivity index (χ3v) is 3.60. The summed E-state index contributed by atoms with van der Waals surface area (Å²) in [5, 5.41) is 0. The van der Waals surface area contributed by atoms with Crippen molar-refractivity contribution in [2.24, 2.45) is 5.73 Å². The first-order valence-electron chi connectivity index (χ1n) is 7.23. The van der Waals surface area contributed by atoms with E-state index in [9.17, 15) is 4.79 Å². The van der Waals surface area contributed by atoms with Crippen LogP contribution in [0.4, 0.5) is 0 Å². The van der Waals surface area contributed by atoms with E-state index < -0.39 is 12.0 Å². The summed E-state index contributed by atoms with van der Waals surface area (Å²) < 4.78 is 15.2. The summed E-state index contributed by atoms with van der Waals surface area (Å²) >= 11 is 0. The van der Waals surface area contributed by atoms with E-state index in [0.717, 1.165) is 16.7 Å². The molecule has 0 bridgehead atoms. The largest absolute Gasteiger partial charge is 0.493 e. The molecule has 2 rings (SSSR count). The van der Waals surface area contributed by atoms with Crippen molar-refractivity contribution in [2.75, 3.05) is 21.3 Å². The van der Waals surface area contributed by atoms with Crippen molar-refractivity contribution in [1.82, 2.24) is 0 Å². The molecular weight excluding hydrogens is 294 g/mol. The van der Waals surface area contributed by atoms with Crippen LogP contribution in [0.25, 0.3) is 11.1 Å². The van der Waals surface area contributed by atoms with E-state index in [1.54, 1.807) is 14.2 Å². The Morgan fingerprint density at radius 3 is 2.35 bits per heavy atom. The summed E-state index contributed by atoms with van der Waals surface area (Å²) in [6.45, 7) is 0. The standard InChI is InChI=1S/C18H21NO4/c1-21-16-8-7-14(11-17(16)22-2)13-6-4-5-12(9-13)10-15(19)18(20)23-3/h4-9,11,15H,10,19H2,1-3H3. The molecule has 2 aromatic rings. The van der Waals surface area contributed by atoms with Gasteiger partial charge in [-0.25, -0.2) is 0 Å². The van der Waals surface area contributed by atoms with Gasteiger partial charge in [0.05, 0.1) is 21.3 Å². The van der Waals surface area contributed by atoms with Gasteiger partial charge in [0.1, 0.15) is 6.04 Å². The zero-order valence-electron chi connectivity index (χ0n) is 13.5. The van der Waals surface area contributed by atoms with Crippen molar-refractivity contribution >= 4 is 5.97 Å². The molecule has 2 aromatic carbocycles. The van der Waals surface area contributed by atoms with E-state index in [2.05, 4.69) is 4.74 Å². The minimum absolute atomic E-state index is 0.415. The van der Waals surface area contributed by atoms with E-state index >= 15 is 0 Å². The van der Waals surface area contributed by atoms with Gasteiger partial charge in [0.2, 0.25) is 0 Å². The van der Waals surface area contributed by atoms with Gasteiger partial charge in [-0.2, -0.15) is 0 Å². The number of methoxy groups -OCH3 is 3. The van der Waals surface area contributed by atoms with Crippen molar-refractivity contribution in [3.8, 4) is 22.6 Å². The third-order valence-electron chi connectivity index (χ3n) is 3.60. The molecule has 5 heteroatoms. The van der Waals surface area contributed by atoms with E-state index in [4.69, 9.17) is 15.2 Å². The molecule has 0 radical (unpaired) electrons. The number of benzene rings is 2. The van der Waals surface area contributed by atoms with Crippen LogP contribution in [-0.4, -0.2) is 33.3 Å². The quantitative estimate of drug-likeness (QED) is 0.829. The molecule has 1 unspecified atom stereocenters. The minimum Gasteiger partial charge on any atom is -0.493 e. The fraction of sp³-hybridized carbons (Fsp3) is 0.278. The predicted octanol–water partition coefficient (Wildman–Crippen LogP) is 2.41. The summed E-state index contributed by atoms with van der Waals surface area (Å²) in [6, 6.07) is 12.9. The number of hydrogen-bond donors (Lipinski definition) is 1. The Kier molecular flexibility index (Phi) is 5.60. The Morgan fingerprint density at radius 2 is 1.70 bits per heavy atom. The van der Waals surface area contributed by atoms with E-state index in [1.807, 2.05) is 42.5 Å². The van der Waals surface area contributed by atoms with Gasteiger partial charge in [-0.3, -0.25) is 4.79 Å². The maximum absolute atomic E-state index is 11.4. The first kappa shape index (κ1) is 16.8. The highest BCUT2D eigenvalue weighted by Gasteiger charge is 2.14. The fourth-order valence-electron chi connectivity index (χ4n) is 2.38. The average Bonchev–Trinajstić information content (AvgIpc) is 2.60. The van der Waals surface area contributed by atoms with Crippen LogP contribution in [0.3, 0.4) is 0 Å². The van der Waals surface area contributed by atoms with Gasteiger partial charge in [0, 0.05) is 0 Å². The second kappa shape index (κ2) is 7.65. The smallest absolute Gasteiger partial charge is 0.322 e. The molecule has 0 spiro atoms. The predicted molar refractivity (Wildman–Crippen MR) is 88.7 cm³/mol. The number of nitrogens with two attached hydrogens (primary N) is 1. The van der Waals surface area contributed by atoms with Gasteiger partial charge in [-0.1, -0.05) is 30.3 Å². The molecule has 5 nitrogen and oxygen atoms in total. The topological polar surface area (TPSA) is 70.8 Å². The molecule has 0 saturated heterocycles. The monoisotopic (exact) mass is 315 g/mol. The van der Waals surface area contributed by atoms with E-state index in [-0.39, 0.29) is 0 Å². The number of ether oxygens (including phenoxy) is 3. The number of carbonyl (C=O) groups is 1. The van der Waals surface area contributed by atoms with Gasteiger partial charge in [-0.05, 0) is 35.2 Å². The van der Waals surface area contributed by atoms with E-state index in [1.165, 1.54) is 7.11 Å². The van der Waals surface area contributed by atoms with Crippen molar-refractivity contribution in [3.63, 3.8) is 0 Å². The van der Waals surface area contributed by atoms with Gasteiger partial charge >= 0.3 is 5.97 Å². The fourth-order valence-corrected chi connectivity index (χ4v) is 2.38. The van der Waals surface area contributed by atoms with Gasteiger partial charge in [0.15, 0.2) is 11.5 Å². The van der Waals surface area contributed by atoms with Crippen LogP contribution >= 0.6 is 0 Å². The maximum Gasteiger partial charge on any atom is 0.322 e. The number of hydrogen-bond acceptors (Lipinski definition) is 5. The Morgan fingerprint density at radius 1 is 1.00 bits per heavy atom. The molecule has 0 amide bonds. The summed E-state index contributed by atoms with van der Waals surface area (Å²) in [4.78, 5) is 11.4. The van der Waals surface area contributed by atoms with Gasteiger partial charge in [-0.15, -0.1) is 0 Å². The molecule has 23 heavy (non-hydrogen) atoms. The number of rotatable bonds is 6. The summed E-state index contributed by atoms with van der Waals surface area (Å²) in [5.74, 6) is 0.934. The van der Waals surface area contributed by atoms with Crippen LogP contribution in [0.1, 0.15) is 5.56 Å². The van der Waals surface area contributed by atoms with Crippen molar-refractivity contribution < 1.29 is 19.0 Å². The Labute approximate surface area is 136 Å². The molecular formula is C18H21NO4. The van der Waals surface area contributed by atoms with Crippen LogP contribution in [0.2, 0.25) is 0 Å². The van der Waals surface area contributed by atoms with Crippen molar-refractivity contribution in [3.05, 3.63) is 48.0 Å². The van der Waals surface area contributed by atoms with Crippen LogP contribution in [0.5, 0.6) is 11.5 Å². The highest BCUT2D eigenvalue weighted by Crippen LogP contribution is 2.32. The Bertz CT molecular complexity index is 684. The number of carbonyl (C=O) groups excluding carboxylic acids is 1. The normalized spacial score (nSPS) is 11.7. The zero-order chi connectivity index (χ0) is 16.8. The lowest BCUT2D eigenvalue weighted by Crippen LogP contribution is -2.33.